The van der Waals surface area contributed by atoms with Gasteiger partial charge in [-0.2, -0.15) is 0 Å². The second kappa shape index (κ2) is 8.23. The lowest BCUT2D eigenvalue weighted by atomic mass is 10.2. The van der Waals surface area contributed by atoms with E-state index in [2.05, 4.69) is 54.2 Å². The normalized spacial score (nSPS) is 11.4. The minimum atomic E-state index is 0.757. The van der Waals surface area contributed by atoms with E-state index in [1.165, 1.54) is 5.56 Å². The van der Waals surface area contributed by atoms with Crippen molar-refractivity contribution in [3.63, 3.8) is 0 Å². The van der Waals surface area contributed by atoms with E-state index >= 15 is 0 Å². The number of hydrogen-bond donors (Lipinski definition) is 1. The van der Waals surface area contributed by atoms with Crippen LogP contribution in [0.4, 0.5) is 0 Å². The second-order valence-electron chi connectivity index (χ2n) is 4.15. The Balaban J connectivity index is 2.62. The Kier molecular flexibility index (Phi) is 6.86. The summed E-state index contributed by atoms with van der Waals surface area (Å²) in [4.78, 5) is 0. The number of hydrazine groups is 1. The molecule has 0 saturated carbocycles. The van der Waals surface area contributed by atoms with Crippen LogP contribution in [0.1, 0.15) is 25.8 Å². The van der Waals surface area contributed by atoms with E-state index in [0.29, 0.717) is 0 Å². The predicted octanol–water partition coefficient (Wildman–Crippen LogP) is 2.09. The molecule has 17 heavy (non-hydrogen) atoms. The predicted molar refractivity (Wildman–Crippen MR) is 73.4 cm³/mol. The number of nitrogens with zero attached hydrogens (tertiary/aromatic N) is 2. The van der Waals surface area contributed by atoms with E-state index in [9.17, 15) is 0 Å². The van der Waals surface area contributed by atoms with Crippen LogP contribution in [-0.4, -0.2) is 36.2 Å². The average Bonchev–Trinajstić information content (AvgIpc) is 2.38. The van der Waals surface area contributed by atoms with Gasteiger partial charge in [0.05, 0.1) is 0 Å². The molecule has 3 nitrogen and oxygen atoms in total. The van der Waals surface area contributed by atoms with Crippen molar-refractivity contribution in [1.82, 2.24) is 10.0 Å². The molecule has 0 radical (unpaired) electrons. The van der Waals surface area contributed by atoms with Gasteiger partial charge in [-0.1, -0.05) is 44.2 Å². The van der Waals surface area contributed by atoms with Crippen LogP contribution < -0.4 is 5.73 Å². The van der Waals surface area contributed by atoms with E-state index < -0.39 is 0 Å². The maximum atomic E-state index is 5.61. The van der Waals surface area contributed by atoms with Gasteiger partial charge in [-0.15, -0.1) is 0 Å². The monoisotopic (exact) mass is 235 g/mol. The number of hydrogen-bond acceptors (Lipinski definition) is 3. The third-order valence-corrected chi connectivity index (χ3v) is 2.96. The number of benzene rings is 1. The lowest BCUT2D eigenvalue weighted by molar-refractivity contribution is -0.0249. The van der Waals surface area contributed by atoms with Gasteiger partial charge in [0.2, 0.25) is 0 Å². The smallest absolute Gasteiger partial charge is 0.0384 e. The van der Waals surface area contributed by atoms with Crippen LogP contribution in [0.15, 0.2) is 30.3 Å². The third kappa shape index (κ3) is 4.86. The average molecular weight is 235 g/mol. The largest absolute Gasteiger partial charge is 0.330 e. The molecule has 96 valence electrons. The van der Waals surface area contributed by atoms with E-state index in [0.717, 1.165) is 39.1 Å². The van der Waals surface area contributed by atoms with Crippen molar-refractivity contribution < 1.29 is 0 Å². The first-order valence-corrected chi connectivity index (χ1v) is 6.55. The summed E-state index contributed by atoms with van der Waals surface area (Å²) in [6, 6.07) is 10.6. The summed E-state index contributed by atoms with van der Waals surface area (Å²) in [5, 5.41) is 4.78. The van der Waals surface area contributed by atoms with Crippen LogP contribution in [0.25, 0.3) is 0 Å². The molecule has 0 atom stereocenters. The van der Waals surface area contributed by atoms with E-state index in [1.807, 2.05) is 0 Å². The van der Waals surface area contributed by atoms with Gasteiger partial charge >= 0.3 is 0 Å². The highest BCUT2D eigenvalue weighted by molar-refractivity contribution is 5.14. The summed E-state index contributed by atoms with van der Waals surface area (Å²) in [7, 11) is 0. The minimum Gasteiger partial charge on any atom is -0.330 e. The van der Waals surface area contributed by atoms with Crippen molar-refractivity contribution in [2.45, 2.75) is 26.8 Å². The minimum absolute atomic E-state index is 0.757. The summed E-state index contributed by atoms with van der Waals surface area (Å²) >= 11 is 0. The lowest BCUT2D eigenvalue weighted by Gasteiger charge is -2.33. The Bertz CT molecular complexity index is 283. The molecule has 1 aromatic carbocycles. The van der Waals surface area contributed by atoms with Crippen molar-refractivity contribution in [2.75, 3.05) is 26.2 Å². The second-order valence-corrected chi connectivity index (χ2v) is 4.15. The fraction of sp³-hybridized carbons (Fsp3) is 0.571. The van der Waals surface area contributed by atoms with Gasteiger partial charge in [0.1, 0.15) is 0 Å². The zero-order chi connectivity index (χ0) is 12.5. The third-order valence-electron chi connectivity index (χ3n) is 2.96. The number of rotatable bonds is 8. The van der Waals surface area contributed by atoms with Crippen molar-refractivity contribution in [2.24, 2.45) is 5.73 Å². The zero-order valence-corrected chi connectivity index (χ0v) is 11.1. The highest BCUT2D eigenvalue weighted by Crippen LogP contribution is 2.08. The van der Waals surface area contributed by atoms with Gasteiger partial charge in [-0.25, -0.2) is 10.0 Å². The molecule has 1 aromatic rings. The van der Waals surface area contributed by atoms with E-state index in [-0.39, 0.29) is 0 Å². The molecule has 0 unspecified atom stereocenters. The summed E-state index contributed by atoms with van der Waals surface area (Å²) in [5.41, 5.74) is 6.97. The molecule has 0 saturated heterocycles. The SMILES string of the molecule is CCN(CC)N(CCCN)Cc1ccccc1. The first-order valence-electron chi connectivity index (χ1n) is 6.55. The summed E-state index contributed by atoms with van der Waals surface area (Å²) in [6.07, 6.45) is 1.04. The highest BCUT2D eigenvalue weighted by atomic mass is 15.6. The molecule has 0 fully saturated rings. The highest BCUT2D eigenvalue weighted by Gasteiger charge is 2.11. The van der Waals surface area contributed by atoms with E-state index in [1.54, 1.807) is 0 Å². The molecule has 0 amide bonds. The quantitative estimate of drug-likeness (QED) is 0.700. The first kappa shape index (κ1) is 14.2. The maximum Gasteiger partial charge on any atom is 0.0384 e. The van der Waals surface area contributed by atoms with Crippen LogP contribution in [0.2, 0.25) is 0 Å². The van der Waals surface area contributed by atoms with Crippen molar-refractivity contribution >= 4 is 0 Å². The molecule has 0 aliphatic carbocycles. The van der Waals surface area contributed by atoms with Crippen molar-refractivity contribution in [3.05, 3.63) is 35.9 Å². The Morgan fingerprint density at radius 3 is 2.18 bits per heavy atom. The standard InChI is InChI=1S/C14H25N3/c1-3-16(4-2)17(12-8-11-15)13-14-9-6-5-7-10-14/h5-7,9-10H,3-4,8,11-13,15H2,1-2H3. The van der Waals surface area contributed by atoms with Crippen LogP contribution in [0.3, 0.4) is 0 Å². The number of nitrogens with two attached hydrogens (primary N) is 1. The molecule has 3 heteroatoms. The van der Waals surface area contributed by atoms with Gasteiger partial charge in [-0.05, 0) is 18.5 Å². The lowest BCUT2D eigenvalue weighted by Crippen LogP contribution is -2.43. The molecule has 2 N–H and O–H groups in total. The Morgan fingerprint density at radius 1 is 1.00 bits per heavy atom. The summed E-state index contributed by atoms with van der Waals surface area (Å²) in [5.74, 6) is 0. The van der Waals surface area contributed by atoms with Gasteiger partial charge in [0.25, 0.3) is 0 Å². The molecular formula is C14H25N3. The van der Waals surface area contributed by atoms with Gasteiger partial charge in [0, 0.05) is 26.2 Å². The molecule has 0 aliphatic rings. The molecule has 0 bridgehead atoms. The fourth-order valence-electron chi connectivity index (χ4n) is 2.01. The summed E-state index contributed by atoms with van der Waals surface area (Å²) < 4.78 is 0. The maximum absolute atomic E-state index is 5.61. The van der Waals surface area contributed by atoms with Crippen molar-refractivity contribution in [3.8, 4) is 0 Å². The molecule has 0 aromatic heterocycles. The Hall–Kier alpha value is -0.900. The van der Waals surface area contributed by atoms with Gasteiger partial charge < -0.3 is 5.73 Å². The summed E-state index contributed by atoms with van der Waals surface area (Å²) in [6.45, 7) is 9.26. The Labute approximate surface area is 105 Å². The topological polar surface area (TPSA) is 32.5 Å². The van der Waals surface area contributed by atoms with Crippen LogP contribution >= 0.6 is 0 Å². The van der Waals surface area contributed by atoms with Crippen LogP contribution in [0.5, 0.6) is 0 Å². The van der Waals surface area contributed by atoms with Crippen LogP contribution in [0, 0.1) is 0 Å². The molecule has 0 heterocycles. The van der Waals surface area contributed by atoms with Crippen LogP contribution in [-0.2, 0) is 6.54 Å². The Morgan fingerprint density at radius 2 is 1.65 bits per heavy atom. The van der Waals surface area contributed by atoms with Gasteiger partial charge in [-0.3, -0.25) is 0 Å². The first-order chi connectivity index (χ1) is 8.31. The zero-order valence-electron chi connectivity index (χ0n) is 11.1. The molecule has 1 rings (SSSR count). The fourth-order valence-corrected chi connectivity index (χ4v) is 2.01. The van der Waals surface area contributed by atoms with Crippen molar-refractivity contribution in [1.29, 1.82) is 0 Å². The van der Waals surface area contributed by atoms with E-state index in [4.69, 9.17) is 5.73 Å². The van der Waals surface area contributed by atoms with Gasteiger partial charge in [0.15, 0.2) is 0 Å². The molecule has 0 spiro atoms. The molecule has 0 aliphatic heterocycles. The molecular weight excluding hydrogens is 210 g/mol.